The molecule has 1 aromatic carbocycles. The quantitative estimate of drug-likeness (QED) is 0.897. The van der Waals surface area contributed by atoms with Crippen LogP contribution in [-0.4, -0.2) is 28.2 Å². The summed E-state index contributed by atoms with van der Waals surface area (Å²) in [6.07, 6.45) is 1.55. The smallest absolute Gasteiger partial charge is 0.240 e. The number of thiophene rings is 1. The van der Waals surface area contributed by atoms with E-state index in [0.717, 1.165) is 25.0 Å². The van der Waals surface area contributed by atoms with Gasteiger partial charge in [0.05, 0.1) is 4.90 Å². The van der Waals surface area contributed by atoms with Crippen molar-refractivity contribution in [1.29, 1.82) is 0 Å². The molecule has 7 heteroatoms. The maximum Gasteiger partial charge on any atom is 0.240 e. The van der Waals surface area contributed by atoms with Gasteiger partial charge in [0.15, 0.2) is 0 Å². The van der Waals surface area contributed by atoms with E-state index in [1.54, 1.807) is 11.3 Å². The van der Waals surface area contributed by atoms with Crippen LogP contribution < -0.4 is 4.72 Å². The minimum atomic E-state index is -3.66. The number of hydrogen-bond donors (Lipinski definition) is 1. The van der Waals surface area contributed by atoms with Crippen molar-refractivity contribution >= 4 is 21.4 Å². The lowest BCUT2D eigenvalue weighted by Gasteiger charge is -2.36. The van der Waals surface area contributed by atoms with E-state index in [9.17, 15) is 12.8 Å². The van der Waals surface area contributed by atoms with Gasteiger partial charge in [-0.3, -0.25) is 0 Å². The van der Waals surface area contributed by atoms with E-state index in [2.05, 4.69) is 4.72 Å². The molecule has 1 N–H and O–H groups in total. The Morgan fingerprint density at radius 1 is 1.17 bits per heavy atom. The topological polar surface area (TPSA) is 55.4 Å². The van der Waals surface area contributed by atoms with Crippen molar-refractivity contribution in [3.8, 4) is 0 Å². The molecule has 0 radical (unpaired) electrons. The summed E-state index contributed by atoms with van der Waals surface area (Å²) in [7, 11) is -3.66. The molecule has 4 nitrogen and oxygen atoms in total. The molecule has 1 fully saturated rings. The molecule has 1 aliphatic heterocycles. The number of nitrogens with one attached hydrogen (secondary N) is 1. The van der Waals surface area contributed by atoms with Crippen molar-refractivity contribution in [2.24, 2.45) is 0 Å². The molecule has 23 heavy (non-hydrogen) atoms. The Balaban J connectivity index is 1.80. The third-order valence-electron chi connectivity index (χ3n) is 4.22. The third kappa shape index (κ3) is 3.63. The van der Waals surface area contributed by atoms with Crippen LogP contribution in [0.25, 0.3) is 0 Å². The molecular formula is C16H18FNO3S2. The van der Waals surface area contributed by atoms with Gasteiger partial charge in [0.1, 0.15) is 5.82 Å². The third-order valence-corrected chi connectivity index (χ3v) is 6.75. The zero-order valence-corrected chi connectivity index (χ0v) is 14.1. The summed E-state index contributed by atoms with van der Waals surface area (Å²) >= 11 is 1.64. The molecule has 0 saturated carbocycles. The molecule has 0 bridgehead atoms. The van der Waals surface area contributed by atoms with Crippen LogP contribution in [0.15, 0.2) is 46.7 Å². The van der Waals surface area contributed by atoms with Gasteiger partial charge in [0.25, 0.3) is 0 Å². The molecule has 2 heterocycles. The summed E-state index contributed by atoms with van der Waals surface area (Å²) in [6, 6.07) is 8.88. The highest BCUT2D eigenvalue weighted by Gasteiger charge is 2.36. The minimum absolute atomic E-state index is 0.0762. The Bertz CT molecular complexity index is 736. The van der Waals surface area contributed by atoms with E-state index in [0.29, 0.717) is 19.8 Å². The summed E-state index contributed by atoms with van der Waals surface area (Å²) < 4.78 is 46.0. The monoisotopic (exact) mass is 355 g/mol. The van der Waals surface area contributed by atoms with Crippen LogP contribution >= 0.6 is 11.3 Å². The molecular weight excluding hydrogens is 337 g/mol. The largest absolute Gasteiger partial charge is 0.381 e. The predicted octanol–water partition coefficient (Wildman–Crippen LogP) is 2.91. The van der Waals surface area contributed by atoms with Gasteiger partial charge < -0.3 is 4.74 Å². The first-order valence-electron chi connectivity index (χ1n) is 7.39. The summed E-state index contributed by atoms with van der Waals surface area (Å²) in [5, 5.41) is 2.00. The van der Waals surface area contributed by atoms with Crippen LogP contribution in [0.1, 0.15) is 17.7 Å². The van der Waals surface area contributed by atoms with Crippen molar-refractivity contribution in [3.63, 3.8) is 0 Å². The van der Waals surface area contributed by atoms with Crippen LogP contribution in [0, 0.1) is 5.82 Å². The Kier molecular flexibility index (Phi) is 4.82. The molecule has 0 aliphatic carbocycles. The second-order valence-electron chi connectivity index (χ2n) is 5.65. The SMILES string of the molecule is O=S(=O)(NCC1(c2cccs2)CCOCC1)c1ccc(F)cc1. The van der Waals surface area contributed by atoms with Gasteiger partial charge in [-0.05, 0) is 48.6 Å². The lowest BCUT2D eigenvalue weighted by atomic mass is 9.79. The van der Waals surface area contributed by atoms with Gasteiger partial charge in [-0.2, -0.15) is 0 Å². The molecule has 1 aliphatic rings. The Morgan fingerprint density at radius 3 is 2.48 bits per heavy atom. The molecule has 0 spiro atoms. The molecule has 0 amide bonds. The summed E-state index contributed by atoms with van der Waals surface area (Å²) in [4.78, 5) is 1.25. The Hall–Kier alpha value is -1.28. The van der Waals surface area contributed by atoms with Crippen molar-refractivity contribution in [1.82, 2.24) is 4.72 Å². The first-order valence-corrected chi connectivity index (χ1v) is 9.75. The predicted molar refractivity (Wildman–Crippen MR) is 87.6 cm³/mol. The molecule has 2 aromatic rings. The molecule has 0 unspecified atom stereocenters. The maximum absolute atomic E-state index is 13.0. The van der Waals surface area contributed by atoms with Crippen molar-refractivity contribution < 1.29 is 17.5 Å². The zero-order chi connectivity index (χ0) is 16.3. The number of rotatable bonds is 5. The van der Waals surface area contributed by atoms with E-state index in [4.69, 9.17) is 4.74 Å². The minimum Gasteiger partial charge on any atom is -0.381 e. The molecule has 124 valence electrons. The maximum atomic E-state index is 13.0. The number of hydrogen-bond acceptors (Lipinski definition) is 4. The Morgan fingerprint density at radius 2 is 1.87 bits per heavy atom. The highest BCUT2D eigenvalue weighted by Crippen LogP contribution is 2.37. The molecule has 0 atom stereocenters. The van der Waals surface area contributed by atoms with E-state index in [1.807, 2.05) is 17.5 Å². The van der Waals surface area contributed by atoms with Gasteiger partial charge in [0.2, 0.25) is 10.0 Å². The first-order chi connectivity index (χ1) is 11.0. The van der Waals surface area contributed by atoms with Gasteiger partial charge >= 0.3 is 0 Å². The lowest BCUT2D eigenvalue weighted by molar-refractivity contribution is 0.0529. The highest BCUT2D eigenvalue weighted by atomic mass is 32.2. The first kappa shape index (κ1) is 16.6. The normalized spacial score (nSPS) is 18.0. The van der Waals surface area contributed by atoms with Crippen LogP contribution in [-0.2, 0) is 20.2 Å². The van der Waals surface area contributed by atoms with E-state index in [-0.39, 0.29) is 10.3 Å². The van der Waals surface area contributed by atoms with E-state index >= 15 is 0 Å². The molecule has 1 aromatic heterocycles. The van der Waals surface area contributed by atoms with E-state index in [1.165, 1.54) is 17.0 Å². The van der Waals surface area contributed by atoms with Crippen LogP contribution in [0.4, 0.5) is 4.39 Å². The number of ether oxygens (including phenoxy) is 1. The fourth-order valence-corrected chi connectivity index (χ4v) is 4.90. The van der Waals surface area contributed by atoms with Crippen LogP contribution in [0.2, 0.25) is 0 Å². The zero-order valence-electron chi connectivity index (χ0n) is 12.5. The molecule has 1 saturated heterocycles. The summed E-state index contributed by atoms with van der Waals surface area (Å²) in [5.74, 6) is -0.455. The second kappa shape index (κ2) is 6.68. The number of benzene rings is 1. The standard InChI is InChI=1S/C16H18FNO3S2/c17-13-3-5-14(6-4-13)23(19,20)18-12-16(7-9-21-10-8-16)15-2-1-11-22-15/h1-6,11,18H,7-10,12H2. The van der Waals surface area contributed by atoms with Crippen molar-refractivity contribution in [3.05, 3.63) is 52.5 Å². The lowest BCUT2D eigenvalue weighted by Crippen LogP contribution is -2.44. The number of sulfonamides is 1. The fraction of sp³-hybridized carbons (Fsp3) is 0.375. The molecule has 3 rings (SSSR count). The van der Waals surface area contributed by atoms with Crippen molar-refractivity contribution in [2.75, 3.05) is 19.8 Å². The highest BCUT2D eigenvalue weighted by molar-refractivity contribution is 7.89. The van der Waals surface area contributed by atoms with Gasteiger partial charge in [-0.25, -0.2) is 17.5 Å². The van der Waals surface area contributed by atoms with Crippen LogP contribution in [0.3, 0.4) is 0 Å². The second-order valence-corrected chi connectivity index (χ2v) is 8.36. The van der Waals surface area contributed by atoms with Gasteiger partial charge in [0, 0.05) is 30.1 Å². The average molecular weight is 355 g/mol. The number of halogens is 1. The average Bonchev–Trinajstić information content (AvgIpc) is 3.10. The summed E-state index contributed by atoms with van der Waals surface area (Å²) in [5.41, 5.74) is -0.237. The van der Waals surface area contributed by atoms with Crippen LogP contribution in [0.5, 0.6) is 0 Å². The van der Waals surface area contributed by atoms with Gasteiger partial charge in [-0.1, -0.05) is 6.07 Å². The Labute approximate surface area is 139 Å². The summed E-state index contributed by atoms with van der Waals surface area (Å²) in [6.45, 7) is 1.56. The van der Waals surface area contributed by atoms with Crippen molar-refractivity contribution in [2.45, 2.75) is 23.2 Å². The fourth-order valence-electron chi connectivity index (χ4n) is 2.78. The van der Waals surface area contributed by atoms with Gasteiger partial charge in [-0.15, -0.1) is 11.3 Å². The van der Waals surface area contributed by atoms with E-state index < -0.39 is 15.8 Å².